The molecule has 0 radical (unpaired) electrons. The first-order valence-electron chi connectivity index (χ1n) is 10.1. The van der Waals surface area contributed by atoms with E-state index in [4.69, 9.17) is 10.5 Å². The molecule has 0 spiro atoms. The van der Waals surface area contributed by atoms with E-state index in [0.717, 1.165) is 45.3 Å². The van der Waals surface area contributed by atoms with E-state index in [9.17, 15) is 9.18 Å². The highest BCUT2D eigenvalue weighted by molar-refractivity contribution is 5.78. The number of carbonyl (C=O) groups excluding carboxylic acids is 1. The summed E-state index contributed by atoms with van der Waals surface area (Å²) >= 11 is 0. The Morgan fingerprint density at radius 3 is 2.59 bits per heavy atom. The molecule has 0 saturated carbocycles. The van der Waals surface area contributed by atoms with Crippen LogP contribution in [0.1, 0.15) is 39.5 Å². The van der Waals surface area contributed by atoms with Crippen LogP contribution in [0.25, 0.3) is 0 Å². The molecule has 0 aliphatic carbocycles. The van der Waals surface area contributed by atoms with E-state index in [2.05, 4.69) is 4.90 Å². The van der Waals surface area contributed by atoms with Gasteiger partial charge in [0.2, 0.25) is 5.91 Å². The molecular weight excluding hydrogens is 345 g/mol. The van der Waals surface area contributed by atoms with Crippen LogP contribution in [-0.4, -0.2) is 55.2 Å². The van der Waals surface area contributed by atoms with E-state index < -0.39 is 0 Å². The number of carbonyl (C=O) groups is 1. The highest BCUT2D eigenvalue weighted by atomic mass is 19.1. The molecule has 6 heteroatoms. The van der Waals surface area contributed by atoms with Crippen molar-refractivity contribution < 1.29 is 13.9 Å². The first-order valence-corrected chi connectivity index (χ1v) is 10.1. The summed E-state index contributed by atoms with van der Waals surface area (Å²) in [4.78, 5) is 16.5. The van der Waals surface area contributed by atoms with Gasteiger partial charge in [0.1, 0.15) is 5.82 Å². The normalized spacial score (nSPS) is 24.5. The maximum absolute atomic E-state index is 14.0. The van der Waals surface area contributed by atoms with Crippen molar-refractivity contribution in [1.82, 2.24) is 4.90 Å². The molecule has 1 amide bonds. The highest BCUT2D eigenvalue weighted by Gasteiger charge is 2.34. The topological polar surface area (TPSA) is 58.8 Å². The average Bonchev–Trinajstić information content (AvgIpc) is 2.67. The molecule has 0 aromatic heterocycles. The fourth-order valence-corrected chi connectivity index (χ4v) is 4.11. The Morgan fingerprint density at radius 1 is 1.22 bits per heavy atom. The lowest BCUT2D eigenvalue weighted by Crippen LogP contribution is -2.57. The van der Waals surface area contributed by atoms with Crippen molar-refractivity contribution in [3.05, 3.63) is 30.1 Å². The lowest BCUT2D eigenvalue weighted by Gasteiger charge is -2.41. The second-order valence-electron chi connectivity index (χ2n) is 8.03. The molecular formula is C21H32FN3O2. The zero-order chi connectivity index (χ0) is 19.4. The third-order valence-electron chi connectivity index (χ3n) is 5.75. The Hall–Kier alpha value is -1.66. The van der Waals surface area contributed by atoms with Crippen molar-refractivity contribution in [2.45, 2.75) is 57.7 Å². The van der Waals surface area contributed by atoms with Crippen molar-refractivity contribution in [2.24, 2.45) is 11.7 Å². The van der Waals surface area contributed by atoms with E-state index in [1.54, 1.807) is 6.07 Å². The van der Waals surface area contributed by atoms with E-state index in [0.29, 0.717) is 12.3 Å². The van der Waals surface area contributed by atoms with Crippen LogP contribution in [0.2, 0.25) is 0 Å². The summed E-state index contributed by atoms with van der Waals surface area (Å²) < 4.78 is 20.1. The Morgan fingerprint density at radius 2 is 1.93 bits per heavy atom. The number of hydrogen-bond acceptors (Lipinski definition) is 4. The summed E-state index contributed by atoms with van der Waals surface area (Å²) in [6.45, 7) is 6.67. The Balaban J connectivity index is 1.52. The van der Waals surface area contributed by atoms with Crippen LogP contribution < -0.4 is 10.6 Å². The molecule has 150 valence electrons. The second-order valence-corrected chi connectivity index (χ2v) is 8.03. The van der Waals surface area contributed by atoms with Crippen molar-refractivity contribution in [3.63, 3.8) is 0 Å². The number of rotatable bonds is 5. The van der Waals surface area contributed by atoms with Gasteiger partial charge in [0, 0.05) is 31.6 Å². The van der Waals surface area contributed by atoms with Crippen LogP contribution in [0.3, 0.4) is 0 Å². The standard InChI is InChI=1S/C21H32FN3O2/c1-15(2)21(26)25-11-5-7-18(23)20(25)14-27-16-9-12-24(13-10-16)19-8-4-3-6-17(19)22/h3-4,6,8,15-16,18,20H,5,7,9-14,23H2,1-2H3/t18-,20-/m0/s1. The minimum absolute atomic E-state index is 0.0261. The summed E-state index contributed by atoms with van der Waals surface area (Å²) in [5, 5.41) is 0. The molecule has 1 aromatic rings. The number of anilines is 1. The lowest BCUT2D eigenvalue weighted by molar-refractivity contribution is -0.141. The Kier molecular flexibility index (Phi) is 6.71. The van der Waals surface area contributed by atoms with Crippen LogP contribution in [0, 0.1) is 11.7 Å². The van der Waals surface area contributed by atoms with Gasteiger partial charge in [-0.25, -0.2) is 4.39 Å². The largest absolute Gasteiger partial charge is 0.376 e. The quantitative estimate of drug-likeness (QED) is 0.857. The summed E-state index contributed by atoms with van der Waals surface area (Å²) in [6, 6.07) is 6.84. The van der Waals surface area contributed by atoms with Gasteiger partial charge in [0.25, 0.3) is 0 Å². The van der Waals surface area contributed by atoms with Crippen LogP contribution in [0.4, 0.5) is 10.1 Å². The molecule has 3 rings (SSSR count). The van der Waals surface area contributed by atoms with Crippen molar-refractivity contribution in [1.29, 1.82) is 0 Å². The van der Waals surface area contributed by atoms with Gasteiger partial charge < -0.3 is 20.3 Å². The lowest BCUT2D eigenvalue weighted by atomic mass is 9.95. The van der Waals surface area contributed by atoms with Gasteiger partial charge in [-0.15, -0.1) is 0 Å². The number of benzene rings is 1. The van der Waals surface area contributed by atoms with Crippen LogP contribution in [-0.2, 0) is 9.53 Å². The number of likely N-dealkylation sites (tertiary alicyclic amines) is 1. The van der Waals surface area contributed by atoms with E-state index in [-0.39, 0.29) is 35.8 Å². The van der Waals surface area contributed by atoms with Gasteiger partial charge in [-0.2, -0.15) is 0 Å². The minimum Gasteiger partial charge on any atom is -0.376 e. The summed E-state index contributed by atoms with van der Waals surface area (Å²) in [6.07, 6.45) is 3.74. The molecule has 2 saturated heterocycles. The van der Waals surface area contributed by atoms with Gasteiger partial charge in [0.15, 0.2) is 0 Å². The van der Waals surface area contributed by atoms with Crippen molar-refractivity contribution in [2.75, 3.05) is 31.1 Å². The zero-order valence-electron chi connectivity index (χ0n) is 16.4. The molecule has 27 heavy (non-hydrogen) atoms. The third-order valence-corrected chi connectivity index (χ3v) is 5.75. The average molecular weight is 378 g/mol. The van der Waals surface area contributed by atoms with Gasteiger partial charge in [-0.05, 0) is 37.8 Å². The zero-order valence-corrected chi connectivity index (χ0v) is 16.4. The first kappa shape index (κ1) is 20.1. The molecule has 2 N–H and O–H groups in total. The molecule has 5 nitrogen and oxygen atoms in total. The minimum atomic E-state index is -0.173. The molecule has 2 heterocycles. The number of para-hydroxylation sites is 1. The predicted molar refractivity (Wildman–Crippen MR) is 105 cm³/mol. The second kappa shape index (κ2) is 9.02. The van der Waals surface area contributed by atoms with E-state index in [1.165, 1.54) is 6.07 Å². The Bertz CT molecular complexity index is 632. The number of nitrogens with zero attached hydrogens (tertiary/aromatic N) is 2. The van der Waals surface area contributed by atoms with E-state index in [1.807, 2.05) is 30.9 Å². The number of piperidine rings is 2. The van der Waals surface area contributed by atoms with Gasteiger partial charge in [-0.1, -0.05) is 26.0 Å². The molecule has 2 fully saturated rings. The number of ether oxygens (including phenoxy) is 1. The molecule has 2 aliphatic heterocycles. The Labute approximate surface area is 161 Å². The van der Waals surface area contributed by atoms with Crippen LogP contribution in [0.15, 0.2) is 24.3 Å². The molecule has 0 unspecified atom stereocenters. The monoisotopic (exact) mass is 377 g/mol. The SMILES string of the molecule is CC(C)C(=O)N1CCC[C@H](N)[C@@H]1COC1CCN(c2ccccc2F)CC1. The van der Waals surface area contributed by atoms with Crippen LogP contribution >= 0.6 is 0 Å². The summed E-state index contributed by atoms with van der Waals surface area (Å²) in [5.74, 6) is -0.0391. The van der Waals surface area contributed by atoms with E-state index >= 15 is 0 Å². The van der Waals surface area contributed by atoms with Gasteiger partial charge >= 0.3 is 0 Å². The van der Waals surface area contributed by atoms with Crippen molar-refractivity contribution in [3.8, 4) is 0 Å². The maximum atomic E-state index is 14.0. The fourth-order valence-electron chi connectivity index (χ4n) is 4.11. The van der Waals surface area contributed by atoms with Crippen molar-refractivity contribution >= 4 is 11.6 Å². The molecule has 0 bridgehead atoms. The number of halogens is 1. The van der Waals surface area contributed by atoms with Gasteiger partial charge in [-0.3, -0.25) is 4.79 Å². The predicted octanol–water partition coefficient (Wildman–Crippen LogP) is 2.79. The van der Waals surface area contributed by atoms with Gasteiger partial charge in [0.05, 0.1) is 24.4 Å². The maximum Gasteiger partial charge on any atom is 0.225 e. The number of amides is 1. The fraction of sp³-hybridized carbons (Fsp3) is 0.667. The third kappa shape index (κ3) is 4.79. The smallest absolute Gasteiger partial charge is 0.225 e. The molecule has 2 aliphatic rings. The number of hydrogen-bond donors (Lipinski definition) is 1. The highest BCUT2D eigenvalue weighted by Crippen LogP contribution is 2.25. The first-order chi connectivity index (χ1) is 13.0. The molecule has 2 atom stereocenters. The van der Waals surface area contributed by atoms with Crippen LogP contribution in [0.5, 0.6) is 0 Å². The summed E-state index contributed by atoms with van der Waals surface area (Å²) in [7, 11) is 0. The molecule has 1 aromatic carbocycles. The number of nitrogens with two attached hydrogens (primary N) is 1. The summed E-state index contributed by atoms with van der Waals surface area (Å²) in [5.41, 5.74) is 6.98.